The fraction of sp³-hybridized carbons (Fsp3) is 0.630. The van der Waals surface area contributed by atoms with E-state index in [2.05, 4.69) is 27.9 Å². The second-order valence-electron chi connectivity index (χ2n) is 10.0. The maximum absolute atomic E-state index is 13.8. The number of carbonyl (C=O) groups is 2. The molecule has 1 aromatic rings. The Balaban J connectivity index is 1.63. The van der Waals surface area contributed by atoms with E-state index in [0.717, 1.165) is 29.3 Å². The van der Waals surface area contributed by atoms with Crippen molar-refractivity contribution in [2.75, 3.05) is 32.9 Å². The second-order valence-corrected chi connectivity index (χ2v) is 11.2. The molecule has 1 heterocycles. The molecule has 4 atom stereocenters. The summed E-state index contributed by atoms with van der Waals surface area (Å²) in [6.45, 7) is 1.49. The number of para-hydroxylation sites is 1. The van der Waals surface area contributed by atoms with Crippen molar-refractivity contribution in [1.29, 1.82) is 0 Å². The molecule has 1 saturated carbocycles. The van der Waals surface area contributed by atoms with E-state index in [9.17, 15) is 19.8 Å². The number of halogens is 1. The Bertz CT molecular complexity index is 929. The van der Waals surface area contributed by atoms with Gasteiger partial charge in [-0.25, -0.2) is 0 Å². The Kier molecular flexibility index (Phi) is 10.0. The standard InChI is InChI=1S/C27H37IN2O6/c28-21-8-4-5-9-23(21)36-24-15-20(26(33)29-11-12-31)14-22(25(24)32)30(16-18-6-2-1-3-7-18)27(34)19-10-13-35-17-19/h4-5,8-9,15,18-19,22,24-25,31-32H,1-3,6-7,10-14,16-17H2,(H,29,33). The fourth-order valence-corrected chi connectivity index (χ4v) is 5.98. The summed E-state index contributed by atoms with van der Waals surface area (Å²) < 4.78 is 12.6. The Hall–Kier alpha value is -1.69. The zero-order valence-corrected chi connectivity index (χ0v) is 22.8. The molecule has 2 aliphatic carbocycles. The molecule has 8 nitrogen and oxygen atoms in total. The predicted molar refractivity (Wildman–Crippen MR) is 143 cm³/mol. The van der Waals surface area contributed by atoms with Gasteiger partial charge in [0.2, 0.25) is 11.8 Å². The van der Waals surface area contributed by atoms with Crippen LogP contribution in [0.1, 0.15) is 44.9 Å². The van der Waals surface area contributed by atoms with Crippen LogP contribution in [0.15, 0.2) is 35.9 Å². The van der Waals surface area contributed by atoms with Crippen molar-refractivity contribution in [3.05, 3.63) is 39.5 Å². The van der Waals surface area contributed by atoms with Crippen LogP contribution in [0.3, 0.4) is 0 Å². The Morgan fingerprint density at radius 3 is 2.64 bits per heavy atom. The molecule has 2 fully saturated rings. The highest BCUT2D eigenvalue weighted by Crippen LogP contribution is 2.33. The molecular weight excluding hydrogens is 575 g/mol. The number of ether oxygens (including phenoxy) is 2. The first kappa shape index (κ1) is 27.3. The minimum absolute atomic E-state index is 0.00724. The quantitative estimate of drug-likeness (QED) is 0.371. The van der Waals surface area contributed by atoms with Crippen LogP contribution in [0.2, 0.25) is 0 Å². The molecule has 0 spiro atoms. The number of rotatable bonds is 9. The van der Waals surface area contributed by atoms with E-state index in [4.69, 9.17) is 9.47 Å². The lowest BCUT2D eigenvalue weighted by Crippen LogP contribution is -2.57. The van der Waals surface area contributed by atoms with Crippen molar-refractivity contribution in [1.82, 2.24) is 10.2 Å². The van der Waals surface area contributed by atoms with Crippen molar-refractivity contribution < 1.29 is 29.3 Å². The van der Waals surface area contributed by atoms with Crippen LogP contribution < -0.4 is 10.1 Å². The van der Waals surface area contributed by atoms with Gasteiger partial charge >= 0.3 is 0 Å². The first-order valence-corrected chi connectivity index (χ1v) is 14.1. The van der Waals surface area contributed by atoms with Crippen LogP contribution in [-0.2, 0) is 14.3 Å². The third kappa shape index (κ3) is 6.79. The van der Waals surface area contributed by atoms with Crippen molar-refractivity contribution in [3.63, 3.8) is 0 Å². The van der Waals surface area contributed by atoms with Crippen LogP contribution in [-0.4, -0.2) is 78.1 Å². The Morgan fingerprint density at radius 1 is 1.17 bits per heavy atom. The summed E-state index contributed by atoms with van der Waals surface area (Å²) >= 11 is 2.18. The number of nitrogens with zero attached hydrogens (tertiary/aromatic N) is 1. The normalized spacial score (nSPS) is 26.8. The Labute approximate surface area is 226 Å². The summed E-state index contributed by atoms with van der Waals surface area (Å²) in [5.74, 6) is 0.444. The number of carbonyl (C=O) groups excluding carboxylic acids is 2. The third-order valence-electron chi connectivity index (χ3n) is 7.46. The molecule has 1 aliphatic heterocycles. The van der Waals surface area contributed by atoms with Gasteiger partial charge in [-0.05, 0) is 66.0 Å². The van der Waals surface area contributed by atoms with Crippen LogP contribution in [0.4, 0.5) is 0 Å². The average Bonchev–Trinajstić information content (AvgIpc) is 3.44. The minimum atomic E-state index is -0.995. The largest absolute Gasteiger partial charge is 0.482 e. The van der Waals surface area contributed by atoms with Gasteiger partial charge in [-0.2, -0.15) is 0 Å². The van der Waals surface area contributed by atoms with Gasteiger partial charge in [0.15, 0.2) is 0 Å². The molecule has 3 aliphatic rings. The van der Waals surface area contributed by atoms with Gasteiger partial charge in [-0.1, -0.05) is 31.4 Å². The minimum Gasteiger partial charge on any atom is -0.482 e. The number of amides is 2. The summed E-state index contributed by atoms with van der Waals surface area (Å²) in [7, 11) is 0. The monoisotopic (exact) mass is 612 g/mol. The van der Waals surface area contributed by atoms with Crippen LogP contribution in [0.5, 0.6) is 5.75 Å². The van der Waals surface area contributed by atoms with Crippen molar-refractivity contribution in [2.24, 2.45) is 11.8 Å². The van der Waals surface area contributed by atoms with Gasteiger partial charge < -0.3 is 29.9 Å². The maximum atomic E-state index is 13.8. The molecule has 3 N–H and O–H groups in total. The second kappa shape index (κ2) is 13.2. The van der Waals surface area contributed by atoms with Gasteiger partial charge in [0, 0.05) is 31.7 Å². The van der Waals surface area contributed by atoms with Gasteiger partial charge in [-0.3, -0.25) is 9.59 Å². The molecule has 36 heavy (non-hydrogen) atoms. The molecular formula is C27H37IN2O6. The first-order chi connectivity index (χ1) is 17.5. The van der Waals surface area contributed by atoms with E-state index in [0.29, 0.717) is 43.4 Å². The SMILES string of the molecule is O=C(NCCO)C1=CC(Oc2ccccc2I)C(O)C(N(CC2CCCCC2)C(=O)C2CCOC2)C1. The van der Waals surface area contributed by atoms with Crippen molar-refractivity contribution in [3.8, 4) is 5.75 Å². The van der Waals surface area contributed by atoms with E-state index >= 15 is 0 Å². The zero-order chi connectivity index (χ0) is 25.5. The number of nitrogens with one attached hydrogen (secondary N) is 1. The summed E-state index contributed by atoms with van der Waals surface area (Å²) in [6.07, 6.45) is 6.43. The Morgan fingerprint density at radius 2 is 1.94 bits per heavy atom. The summed E-state index contributed by atoms with van der Waals surface area (Å²) in [6, 6.07) is 6.93. The summed E-state index contributed by atoms with van der Waals surface area (Å²) in [5.41, 5.74) is 0.457. The molecule has 0 bridgehead atoms. The number of hydrogen-bond acceptors (Lipinski definition) is 6. The molecule has 198 valence electrons. The summed E-state index contributed by atoms with van der Waals surface area (Å²) in [5, 5.41) is 23.5. The number of aliphatic hydroxyl groups is 2. The van der Waals surface area contributed by atoms with E-state index < -0.39 is 18.2 Å². The number of aliphatic hydroxyl groups excluding tert-OH is 2. The van der Waals surface area contributed by atoms with E-state index in [1.54, 1.807) is 6.08 Å². The molecule has 0 radical (unpaired) electrons. The van der Waals surface area contributed by atoms with Crippen LogP contribution >= 0.6 is 22.6 Å². The molecule has 0 aromatic heterocycles. The lowest BCUT2D eigenvalue weighted by atomic mass is 9.84. The average molecular weight is 613 g/mol. The van der Waals surface area contributed by atoms with Gasteiger partial charge in [0.25, 0.3) is 0 Å². The topological polar surface area (TPSA) is 108 Å². The van der Waals surface area contributed by atoms with Crippen LogP contribution in [0.25, 0.3) is 0 Å². The highest BCUT2D eigenvalue weighted by molar-refractivity contribution is 14.1. The summed E-state index contributed by atoms with van der Waals surface area (Å²) in [4.78, 5) is 28.6. The van der Waals surface area contributed by atoms with Crippen molar-refractivity contribution >= 4 is 34.4 Å². The fourth-order valence-electron chi connectivity index (χ4n) is 5.47. The highest BCUT2D eigenvalue weighted by Gasteiger charge is 2.43. The molecule has 2 amide bonds. The van der Waals surface area contributed by atoms with E-state index in [1.807, 2.05) is 29.2 Å². The van der Waals surface area contributed by atoms with E-state index in [-0.39, 0.29) is 37.3 Å². The van der Waals surface area contributed by atoms with Gasteiger partial charge in [-0.15, -0.1) is 0 Å². The third-order valence-corrected chi connectivity index (χ3v) is 8.35. The van der Waals surface area contributed by atoms with Gasteiger partial charge in [0.05, 0.1) is 28.7 Å². The number of benzene rings is 1. The number of hydrogen-bond donors (Lipinski definition) is 3. The molecule has 1 saturated heterocycles. The first-order valence-electron chi connectivity index (χ1n) is 13.0. The van der Waals surface area contributed by atoms with Gasteiger partial charge in [0.1, 0.15) is 18.0 Å². The lowest BCUT2D eigenvalue weighted by molar-refractivity contribution is -0.144. The lowest BCUT2D eigenvalue weighted by Gasteiger charge is -2.43. The molecule has 4 rings (SSSR count). The van der Waals surface area contributed by atoms with Crippen molar-refractivity contribution in [2.45, 2.75) is 63.2 Å². The molecule has 1 aromatic carbocycles. The predicted octanol–water partition coefficient (Wildman–Crippen LogP) is 2.65. The molecule has 9 heteroatoms. The highest BCUT2D eigenvalue weighted by atomic mass is 127. The molecule has 4 unspecified atom stereocenters. The van der Waals surface area contributed by atoms with Crippen LogP contribution in [0, 0.1) is 15.4 Å². The van der Waals surface area contributed by atoms with E-state index in [1.165, 1.54) is 6.42 Å². The maximum Gasteiger partial charge on any atom is 0.247 e. The smallest absolute Gasteiger partial charge is 0.247 e. The zero-order valence-electron chi connectivity index (χ0n) is 20.6.